The first kappa shape index (κ1) is 17.8. The number of nitrogens with zero attached hydrogens (tertiary/aromatic N) is 3. The SMILES string of the molecule is CC[C@H](c1nnc(SCC(=O)NCC(F)(F)F)o1)N(C)C. The van der Waals surface area contributed by atoms with E-state index in [1.807, 2.05) is 25.9 Å². The summed E-state index contributed by atoms with van der Waals surface area (Å²) in [4.78, 5) is 13.2. The smallest absolute Gasteiger partial charge is 0.405 e. The molecule has 0 radical (unpaired) electrons. The summed E-state index contributed by atoms with van der Waals surface area (Å²) in [5.41, 5.74) is 0. The highest BCUT2D eigenvalue weighted by Crippen LogP contribution is 2.24. The number of thioether (sulfide) groups is 1. The zero-order chi connectivity index (χ0) is 16.0. The van der Waals surface area contributed by atoms with Crippen molar-refractivity contribution in [2.75, 3.05) is 26.4 Å². The lowest BCUT2D eigenvalue weighted by molar-refractivity contribution is -0.136. The van der Waals surface area contributed by atoms with Gasteiger partial charge in [0.15, 0.2) is 0 Å². The zero-order valence-electron chi connectivity index (χ0n) is 11.9. The van der Waals surface area contributed by atoms with Crippen LogP contribution in [-0.4, -0.2) is 53.6 Å². The van der Waals surface area contributed by atoms with Gasteiger partial charge in [0.05, 0.1) is 11.8 Å². The van der Waals surface area contributed by atoms with Gasteiger partial charge in [-0.3, -0.25) is 9.69 Å². The van der Waals surface area contributed by atoms with E-state index in [1.54, 1.807) is 5.32 Å². The molecule has 6 nitrogen and oxygen atoms in total. The minimum Gasteiger partial charge on any atom is -0.414 e. The second-order valence-electron chi connectivity index (χ2n) is 4.47. The van der Waals surface area contributed by atoms with Gasteiger partial charge in [-0.05, 0) is 20.5 Å². The number of nitrogens with one attached hydrogen (secondary N) is 1. The predicted octanol–water partition coefficient (Wildman–Crippen LogP) is 1.85. The highest BCUT2D eigenvalue weighted by molar-refractivity contribution is 7.99. The molecule has 1 N–H and O–H groups in total. The largest absolute Gasteiger partial charge is 0.414 e. The summed E-state index contributed by atoms with van der Waals surface area (Å²) in [6, 6.07) is -0.0362. The summed E-state index contributed by atoms with van der Waals surface area (Å²) in [6.07, 6.45) is -3.65. The van der Waals surface area contributed by atoms with E-state index in [1.165, 1.54) is 0 Å². The van der Waals surface area contributed by atoms with Crippen LogP contribution in [0.2, 0.25) is 0 Å². The van der Waals surface area contributed by atoms with Crippen LogP contribution in [0, 0.1) is 0 Å². The summed E-state index contributed by atoms with van der Waals surface area (Å²) in [6.45, 7) is 0.617. The molecule has 0 fully saturated rings. The molecule has 1 atom stereocenters. The fourth-order valence-corrected chi connectivity index (χ4v) is 2.15. The van der Waals surface area contributed by atoms with Crippen LogP contribution in [0.1, 0.15) is 25.3 Å². The van der Waals surface area contributed by atoms with E-state index in [-0.39, 0.29) is 17.0 Å². The Morgan fingerprint density at radius 2 is 2.10 bits per heavy atom. The van der Waals surface area contributed by atoms with Crippen LogP contribution >= 0.6 is 11.8 Å². The van der Waals surface area contributed by atoms with Crippen molar-refractivity contribution in [3.8, 4) is 0 Å². The van der Waals surface area contributed by atoms with E-state index in [2.05, 4.69) is 10.2 Å². The average Bonchev–Trinajstić information content (AvgIpc) is 2.82. The first-order valence-electron chi connectivity index (χ1n) is 6.19. The number of carbonyl (C=O) groups excluding carboxylic acids is 1. The third-order valence-electron chi connectivity index (χ3n) is 2.53. The van der Waals surface area contributed by atoms with Gasteiger partial charge in [-0.25, -0.2) is 0 Å². The van der Waals surface area contributed by atoms with E-state index < -0.39 is 18.6 Å². The van der Waals surface area contributed by atoms with Crippen molar-refractivity contribution in [3.63, 3.8) is 0 Å². The monoisotopic (exact) mass is 326 g/mol. The first-order chi connectivity index (χ1) is 9.73. The molecular formula is C11H17F3N4O2S. The summed E-state index contributed by atoms with van der Waals surface area (Å²) in [7, 11) is 3.74. The Labute approximate surface area is 124 Å². The van der Waals surface area contributed by atoms with Gasteiger partial charge in [-0.2, -0.15) is 13.2 Å². The van der Waals surface area contributed by atoms with Crippen molar-refractivity contribution in [3.05, 3.63) is 5.89 Å². The molecule has 1 aromatic rings. The quantitative estimate of drug-likeness (QED) is 0.771. The molecule has 120 valence electrons. The van der Waals surface area contributed by atoms with E-state index >= 15 is 0 Å². The van der Waals surface area contributed by atoms with E-state index in [0.717, 1.165) is 18.2 Å². The molecule has 0 aliphatic heterocycles. The van der Waals surface area contributed by atoms with Gasteiger partial charge in [0.2, 0.25) is 11.8 Å². The molecule has 0 spiro atoms. The number of halogens is 3. The van der Waals surface area contributed by atoms with Crippen molar-refractivity contribution < 1.29 is 22.4 Å². The van der Waals surface area contributed by atoms with Crippen LogP contribution in [0.4, 0.5) is 13.2 Å². The number of aromatic nitrogens is 2. The molecular weight excluding hydrogens is 309 g/mol. The molecule has 1 amide bonds. The van der Waals surface area contributed by atoms with Gasteiger partial charge >= 0.3 is 6.18 Å². The highest BCUT2D eigenvalue weighted by atomic mass is 32.2. The predicted molar refractivity (Wildman–Crippen MR) is 70.8 cm³/mol. The number of hydrogen-bond acceptors (Lipinski definition) is 6. The minimum absolute atomic E-state index is 0.0362. The minimum atomic E-state index is -4.42. The number of amides is 1. The van der Waals surface area contributed by atoms with Gasteiger partial charge in [-0.1, -0.05) is 18.7 Å². The van der Waals surface area contributed by atoms with E-state index in [4.69, 9.17) is 4.42 Å². The molecule has 10 heteroatoms. The van der Waals surface area contributed by atoms with Gasteiger partial charge < -0.3 is 9.73 Å². The van der Waals surface area contributed by atoms with Crippen molar-refractivity contribution in [2.24, 2.45) is 0 Å². The lowest BCUT2D eigenvalue weighted by Gasteiger charge is -2.18. The van der Waals surface area contributed by atoms with Crippen molar-refractivity contribution >= 4 is 17.7 Å². The molecule has 1 rings (SSSR count). The molecule has 0 bridgehead atoms. The molecule has 0 aliphatic carbocycles. The van der Waals surface area contributed by atoms with Crippen LogP contribution in [0.3, 0.4) is 0 Å². The lowest BCUT2D eigenvalue weighted by Crippen LogP contribution is -2.34. The van der Waals surface area contributed by atoms with Crippen LogP contribution in [-0.2, 0) is 4.79 Å². The summed E-state index contributed by atoms with van der Waals surface area (Å²) >= 11 is 0.901. The lowest BCUT2D eigenvalue weighted by atomic mass is 10.2. The fraction of sp³-hybridized carbons (Fsp3) is 0.727. The van der Waals surface area contributed by atoms with E-state index in [0.29, 0.717) is 5.89 Å². The first-order valence-corrected chi connectivity index (χ1v) is 7.17. The molecule has 1 heterocycles. The fourth-order valence-electron chi connectivity index (χ4n) is 1.55. The molecule has 0 aliphatic rings. The Hall–Kier alpha value is -1.29. The second kappa shape index (κ2) is 7.64. The zero-order valence-corrected chi connectivity index (χ0v) is 12.7. The maximum atomic E-state index is 11.9. The number of rotatable bonds is 7. The number of carbonyl (C=O) groups is 1. The Morgan fingerprint density at radius 1 is 1.43 bits per heavy atom. The third kappa shape index (κ3) is 6.34. The van der Waals surface area contributed by atoms with Gasteiger partial charge in [0.1, 0.15) is 6.54 Å². The topological polar surface area (TPSA) is 71.3 Å². The molecule has 1 aromatic heterocycles. The van der Waals surface area contributed by atoms with Crippen molar-refractivity contribution in [1.29, 1.82) is 0 Å². The number of hydrogen-bond donors (Lipinski definition) is 1. The molecule has 0 unspecified atom stereocenters. The maximum Gasteiger partial charge on any atom is 0.405 e. The Morgan fingerprint density at radius 3 is 2.62 bits per heavy atom. The summed E-state index contributed by atoms with van der Waals surface area (Å²) in [5.74, 6) is -0.534. The molecule has 0 saturated heterocycles. The Kier molecular flexibility index (Phi) is 6.46. The standard InChI is InChI=1S/C11H17F3N4O2S/c1-4-7(18(2)3)9-16-17-10(20-9)21-5-8(19)15-6-11(12,13)14/h7H,4-6H2,1-3H3,(H,15,19)/t7-/m1/s1. The molecule has 0 saturated carbocycles. The average molecular weight is 326 g/mol. The van der Waals surface area contributed by atoms with Crippen LogP contribution in [0.25, 0.3) is 0 Å². The van der Waals surface area contributed by atoms with Crippen LogP contribution in [0.15, 0.2) is 9.64 Å². The van der Waals surface area contributed by atoms with Crippen LogP contribution in [0.5, 0.6) is 0 Å². The second-order valence-corrected chi connectivity index (χ2v) is 5.40. The highest BCUT2D eigenvalue weighted by Gasteiger charge is 2.27. The Bertz CT molecular complexity index is 465. The normalized spacial score (nSPS) is 13.5. The molecule has 0 aromatic carbocycles. The van der Waals surface area contributed by atoms with Crippen LogP contribution < -0.4 is 5.32 Å². The van der Waals surface area contributed by atoms with Gasteiger partial charge in [0.25, 0.3) is 5.22 Å². The van der Waals surface area contributed by atoms with Gasteiger partial charge in [0, 0.05) is 0 Å². The number of alkyl halides is 3. The maximum absolute atomic E-state index is 11.9. The third-order valence-corrected chi connectivity index (χ3v) is 3.35. The molecule has 21 heavy (non-hydrogen) atoms. The van der Waals surface area contributed by atoms with Crippen molar-refractivity contribution in [1.82, 2.24) is 20.4 Å². The Balaban J connectivity index is 2.46. The van der Waals surface area contributed by atoms with E-state index in [9.17, 15) is 18.0 Å². The summed E-state index contributed by atoms with van der Waals surface area (Å²) < 4.78 is 41.1. The van der Waals surface area contributed by atoms with Crippen molar-refractivity contribution in [2.45, 2.75) is 30.8 Å². The summed E-state index contributed by atoms with van der Waals surface area (Å²) in [5, 5.41) is 9.58. The van der Waals surface area contributed by atoms with Gasteiger partial charge in [-0.15, -0.1) is 10.2 Å².